The second kappa shape index (κ2) is 8.84. The first-order valence-corrected chi connectivity index (χ1v) is 8.51. The molecule has 0 spiro atoms. The van der Waals surface area contributed by atoms with Gasteiger partial charge >= 0.3 is 31.9 Å². The molecule has 0 amide bonds. The van der Waals surface area contributed by atoms with Crippen molar-refractivity contribution in [3.8, 4) is 0 Å². The zero-order chi connectivity index (χ0) is 14.8. The summed E-state index contributed by atoms with van der Waals surface area (Å²) < 4.78 is 18.5. The van der Waals surface area contributed by atoms with Gasteiger partial charge in [0.05, 0.1) is 16.8 Å². The molecule has 0 atom stereocenters. The number of hydrogen-bond acceptors (Lipinski definition) is 3. The minimum absolute atomic E-state index is 0. The van der Waals surface area contributed by atoms with Crippen molar-refractivity contribution in [3.63, 3.8) is 0 Å². The van der Waals surface area contributed by atoms with Crippen LogP contribution in [0.15, 0.2) is 0 Å². The molecule has 0 rings (SSSR count). The molecule has 0 aromatic rings. The van der Waals surface area contributed by atoms with Gasteiger partial charge in [0.1, 0.15) is 0 Å². The average molecular weight is 380 g/mol. The van der Waals surface area contributed by atoms with Crippen LogP contribution < -0.4 is 17.0 Å². The fourth-order valence-electron chi connectivity index (χ4n) is 1.62. The van der Waals surface area contributed by atoms with Crippen molar-refractivity contribution in [2.24, 2.45) is 0 Å². The Bertz CT molecular complexity index is 226. The van der Waals surface area contributed by atoms with Gasteiger partial charge in [-0.15, -0.1) is 6.04 Å². The van der Waals surface area contributed by atoms with Crippen molar-refractivity contribution >= 4 is 31.9 Å². The third-order valence-corrected chi connectivity index (χ3v) is 5.07. The van der Waals surface area contributed by atoms with Gasteiger partial charge in [-0.25, -0.2) is 0 Å². The van der Waals surface area contributed by atoms with Gasteiger partial charge in [0, 0.05) is 0 Å². The molecule has 0 saturated heterocycles. The first-order chi connectivity index (χ1) is 7.68. The summed E-state index contributed by atoms with van der Waals surface area (Å²) in [7, 11) is -2.79. The predicted molar refractivity (Wildman–Crippen MR) is 84.2 cm³/mol. The molecule has 118 valence electrons. The molecule has 0 bridgehead atoms. The van der Waals surface area contributed by atoms with Crippen molar-refractivity contribution in [1.29, 1.82) is 0 Å². The van der Waals surface area contributed by atoms with Crippen LogP contribution >= 0.6 is 0 Å². The Hall–Kier alpha value is 1.34. The van der Waals surface area contributed by atoms with Crippen molar-refractivity contribution in [2.45, 2.75) is 85.2 Å². The molecule has 0 unspecified atom stereocenters. The Kier molecular flexibility index (Phi) is 11.6. The second-order valence-corrected chi connectivity index (χ2v) is 10.1. The van der Waals surface area contributed by atoms with E-state index in [-0.39, 0.29) is 56.8 Å². The maximum Gasteiger partial charge on any atom is 2.00 e. The van der Waals surface area contributed by atoms with E-state index in [4.69, 9.17) is 13.3 Å². The fraction of sp³-hybridized carbons (Fsp3) is 0.929. The Morgan fingerprint density at radius 2 is 0.900 bits per heavy atom. The van der Waals surface area contributed by atoms with Gasteiger partial charge in [-0.3, -0.25) is 0 Å². The Labute approximate surface area is 153 Å². The minimum atomic E-state index is -2.79. The number of rotatable bonds is 4. The van der Waals surface area contributed by atoms with Crippen molar-refractivity contribution in [1.82, 2.24) is 0 Å². The van der Waals surface area contributed by atoms with E-state index in [1.807, 2.05) is 62.3 Å². The molecule has 0 heterocycles. The van der Waals surface area contributed by atoms with Gasteiger partial charge in [0.15, 0.2) is 0 Å². The van der Waals surface area contributed by atoms with E-state index in [1.54, 1.807) is 0 Å². The second-order valence-electron chi connectivity index (χ2n) is 7.58. The minimum Gasteiger partial charge on any atom is -1.00 e. The normalized spacial score (nSPS) is 13.5. The maximum absolute atomic E-state index is 6.16. The molecule has 0 saturated carbocycles. The van der Waals surface area contributed by atoms with Crippen LogP contribution in [0.2, 0.25) is 6.04 Å². The zero-order valence-corrected chi connectivity index (χ0v) is 18.7. The summed E-state index contributed by atoms with van der Waals surface area (Å²) in [5, 5.41) is 0. The smallest absolute Gasteiger partial charge is 1.00 e. The van der Waals surface area contributed by atoms with Crippen LogP contribution in [0.25, 0.3) is 0 Å². The number of hydrogen-bond donors (Lipinski definition) is 0. The molecule has 0 N–H and O–H groups in total. The van der Waals surface area contributed by atoms with E-state index in [0.29, 0.717) is 6.04 Å². The Balaban J connectivity index is -0.00000144. The van der Waals surface area contributed by atoms with Crippen LogP contribution in [0.5, 0.6) is 0 Å². The van der Waals surface area contributed by atoms with E-state index in [9.17, 15) is 0 Å². The summed E-state index contributed by atoms with van der Waals surface area (Å²) in [6.45, 7) is 22.1. The van der Waals surface area contributed by atoms with Crippen LogP contribution in [0, 0.1) is 6.92 Å². The van der Waals surface area contributed by atoms with Crippen LogP contribution in [0.3, 0.4) is 0 Å². The van der Waals surface area contributed by atoms with Crippen molar-refractivity contribution < 1.29 is 30.3 Å². The molecule has 0 radical (unpaired) electrons. The van der Waals surface area contributed by atoms with Gasteiger partial charge in [-0.2, -0.15) is 0 Å². The molecule has 20 heavy (non-hydrogen) atoms. The standard InChI is InChI=1S/C14H31O3Si.BrH.Mg/c1-11-18(15-12(2,3)4,16-13(5,6)7)17-14(8,9)10;;/h1,11H2,2-10H3;1H;/q-1;;+2/p-1. The zero-order valence-electron chi connectivity index (χ0n) is 14.7. The molecule has 3 nitrogen and oxygen atoms in total. The largest absolute Gasteiger partial charge is 2.00 e. The molecular weight excluding hydrogens is 348 g/mol. The van der Waals surface area contributed by atoms with Crippen LogP contribution in [-0.2, 0) is 13.3 Å². The van der Waals surface area contributed by atoms with Gasteiger partial charge in [-0.05, 0) is 62.3 Å². The molecule has 0 fully saturated rings. The van der Waals surface area contributed by atoms with Gasteiger partial charge in [0.2, 0.25) is 0 Å². The maximum atomic E-state index is 6.16. The summed E-state index contributed by atoms with van der Waals surface area (Å²) in [5.41, 5.74) is -0.915. The molecule has 6 heteroatoms. The van der Waals surface area contributed by atoms with E-state index >= 15 is 0 Å². The van der Waals surface area contributed by atoms with Crippen LogP contribution in [-0.4, -0.2) is 48.7 Å². The summed E-state index contributed by atoms with van der Waals surface area (Å²) in [5.74, 6) is 0. The van der Waals surface area contributed by atoms with E-state index in [2.05, 4.69) is 6.92 Å². The molecular formula is C14H31BrMgO3Si. The van der Waals surface area contributed by atoms with E-state index < -0.39 is 8.80 Å². The van der Waals surface area contributed by atoms with E-state index in [0.717, 1.165) is 0 Å². The monoisotopic (exact) mass is 378 g/mol. The first kappa shape index (κ1) is 26.3. The number of halogens is 1. The third kappa shape index (κ3) is 13.0. The quantitative estimate of drug-likeness (QED) is 0.535. The average Bonchev–Trinajstić information content (AvgIpc) is 1.93. The van der Waals surface area contributed by atoms with Crippen LogP contribution in [0.4, 0.5) is 0 Å². The third-order valence-electron chi connectivity index (χ3n) is 1.69. The van der Waals surface area contributed by atoms with Crippen molar-refractivity contribution in [2.75, 3.05) is 0 Å². The first-order valence-electron chi connectivity index (χ1n) is 6.58. The molecule has 0 aromatic carbocycles. The predicted octanol–water partition coefficient (Wildman–Crippen LogP) is 0.828. The van der Waals surface area contributed by atoms with Gasteiger partial charge in [0.25, 0.3) is 0 Å². The topological polar surface area (TPSA) is 27.7 Å². The molecule has 0 aliphatic rings. The van der Waals surface area contributed by atoms with Gasteiger partial charge in [-0.1, -0.05) is 0 Å². The van der Waals surface area contributed by atoms with Crippen LogP contribution in [0.1, 0.15) is 62.3 Å². The Morgan fingerprint density at radius 3 is 1.00 bits per heavy atom. The SMILES string of the molecule is [Br-].[CH2-]C[Si](OC(C)(C)C)(OC(C)(C)C)OC(C)(C)C.[Mg+2]. The van der Waals surface area contributed by atoms with Gasteiger partial charge < -0.3 is 37.2 Å². The summed E-state index contributed by atoms with van der Waals surface area (Å²) in [6.07, 6.45) is 0. The Morgan fingerprint density at radius 1 is 0.700 bits per heavy atom. The van der Waals surface area contributed by atoms with E-state index in [1.165, 1.54) is 0 Å². The summed E-state index contributed by atoms with van der Waals surface area (Å²) >= 11 is 0. The molecule has 0 aliphatic heterocycles. The summed E-state index contributed by atoms with van der Waals surface area (Å²) in [4.78, 5) is 0. The molecule has 0 aliphatic carbocycles. The van der Waals surface area contributed by atoms with Crippen molar-refractivity contribution in [3.05, 3.63) is 6.92 Å². The molecule has 0 aromatic heterocycles. The fourth-order valence-corrected chi connectivity index (χ4v) is 4.85. The summed E-state index contributed by atoms with van der Waals surface area (Å²) in [6, 6.07) is 0.527.